The van der Waals surface area contributed by atoms with Gasteiger partial charge in [0.25, 0.3) is 5.91 Å². The molecule has 1 saturated heterocycles. The molecular weight excluding hydrogens is 436 g/mol. The average Bonchev–Trinajstić information content (AvgIpc) is 3.11. The number of sulfone groups is 1. The molecule has 1 aliphatic heterocycles. The van der Waals surface area contributed by atoms with Crippen LogP contribution in [0.1, 0.15) is 48.6 Å². The maximum Gasteiger partial charge on any atom is 0.286 e. The van der Waals surface area contributed by atoms with Gasteiger partial charge in [0, 0.05) is 24.7 Å². The fourth-order valence-corrected chi connectivity index (χ4v) is 5.88. The van der Waals surface area contributed by atoms with Crippen molar-refractivity contribution in [3.05, 3.63) is 58.5 Å². The van der Waals surface area contributed by atoms with Crippen molar-refractivity contribution in [1.29, 1.82) is 0 Å². The fourth-order valence-electron chi connectivity index (χ4n) is 4.29. The van der Waals surface area contributed by atoms with Gasteiger partial charge in [0.2, 0.25) is 0 Å². The second kappa shape index (κ2) is 10.7. The van der Waals surface area contributed by atoms with Crippen LogP contribution in [0.15, 0.2) is 40.8 Å². The van der Waals surface area contributed by atoms with Gasteiger partial charge in [-0.25, -0.2) is 8.42 Å². The molecule has 8 heteroatoms. The molecule has 0 unspecified atom stereocenters. The van der Waals surface area contributed by atoms with Crippen LogP contribution in [0.25, 0.3) is 0 Å². The normalized spacial score (nSPS) is 20.0. The van der Waals surface area contributed by atoms with Gasteiger partial charge >= 0.3 is 0 Å². The van der Waals surface area contributed by atoms with E-state index in [4.69, 9.17) is 16.0 Å². The first-order valence-electron chi connectivity index (χ1n) is 10.7. The van der Waals surface area contributed by atoms with E-state index in [0.717, 1.165) is 37.9 Å². The maximum absolute atomic E-state index is 12.5. The number of carbonyl (C=O) groups is 1. The highest BCUT2D eigenvalue weighted by atomic mass is 35.5. The first-order chi connectivity index (χ1) is 14.7. The monoisotopic (exact) mass is 466 g/mol. The summed E-state index contributed by atoms with van der Waals surface area (Å²) in [4.78, 5) is 14.8. The third kappa shape index (κ3) is 7.66. The van der Waals surface area contributed by atoms with Crippen LogP contribution in [-0.2, 0) is 21.3 Å². The summed E-state index contributed by atoms with van der Waals surface area (Å²) in [6.45, 7) is 8.32. The molecule has 1 N–H and O–H groups in total. The molecule has 3 rings (SSSR count). The van der Waals surface area contributed by atoms with Crippen LogP contribution < -0.4 is 5.32 Å². The van der Waals surface area contributed by atoms with Crippen LogP contribution in [0.4, 0.5) is 0 Å². The Morgan fingerprint density at radius 2 is 1.90 bits per heavy atom. The van der Waals surface area contributed by atoms with Gasteiger partial charge in [-0.05, 0) is 61.1 Å². The summed E-state index contributed by atoms with van der Waals surface area (Å²) in [5, 5.41) is 3.35. The number of rotatable bonds is 9. The number of furan rings is 1. The summed E-state index contributed by atoms with van der Waals surface area (Å²) in [6.07, 6.45) is 2.15. The van der Waals surface area contributed by atoms with E-state index >= 15 is 0 Å². The summed E-state index contributed by atoms with van der Waals surface area (Å²) >= 11 is 5.92. The topological polar surface area (TPSA) is 79.6 Å². The first kappa shape index (κ1) is 23.8. The molecule has 0 radical (unpaired) electrons. The molecular formula is C23H31ClN2O4S. The molecule has 0 bridgehead atoms. The maximum atomic E-state index is 12.5. The number of benzene rings is 1. The van der Waals surface area contributed by atoms with Crippen LogP contribution >= 0.6 is 11.6 Å². The smallest absolute Gasteiger partial charge is 0.286 e. The molecule has 2 aromatic rings. The number of amides is 1. The van der Waals surface area contributed by atoms with E-state index in [9.17, 15) is 13.2 Å². The molecule has 1 fully saturated rings. The first-order valence-corrected chi connectivity index (χ1v) is 12.9. The molecule has 1 amide bonds. The number of carbonyl (C=O) groups excluding carboxylic acids is 1. The van der Waals surface area contributed by atoms with Crippen LogP contribution in [0.2, 0.25) is 5.02 Å². The molecule has 170 valence electrons. The minimum Gasteiger partial charge on any atom is -0.455 e. The number of nitrogens with one attached hydrogen (secondary N) is 1. The molecule has 0 spiro atoms. The van der Waals surface area contributed by atoms with E-state index in [1.165, 1.54) is 12.5 Å². The van der Waals surface area contributed by atoms with Crippen molar-refractivity contribution < 1.29 is 17.6 Å². The second-order valence-electron chi connectivity index (χ2n) is 8.74. The van der Waals surface area contributed by atoms with Crippen molar-refractivity contribution in [2.45, 2.75) is 38.2 Å². The zero-order valence-corrected chi connectivity index (χ0v) is 19.7. The fraction of sp³-hybridized carbons (Fsp3) is 0.522. The standard InChI is InChI=1S/C23H31ClN2O4S/c1-17-11-18(2)14-26(13-17)10-4-9-25-23(27)22-8-7-21(30-22)16-31(28,29)15-19-5-3-6-20(24)12-19/h3,5-8,12,17-18H,4,9-11,13-16H2,1-2H3,(H,25,27)/t17-,18+. The lowest BCUT2D eigenvalue weighted by Gasteiger charge is -2.34. The van der Waals surface area contributed by atoms with Gasteiger partial charge in [-0.3, -0.25) is 4.79 Å². The molecule has 1 aliphatic rings. The molecule has 1 aromatic heterocycles. The van der Waals surface area contributed by atoms with Gasteiger partial charge in [0.1, 0.15) is 11.5 Å². The Morgan fingerprint density at radius 3 is 2.61 bits per heavy atom. The molecule has 6 nitrogen and oxygen atoms in total. The van der Waals surface area contributed by atoms with Gasteiger partial charge in [0.05, 0.1) is 5.75 Å². The number of halogens is 1. The predicted molar refractivity (Wildman–Crippen MR) is 123 cm³/mol. The average molecular weight is 467 g/mol. The Balaban J connectivity index is 1.44. The molecule has 31 heavy (non-hydrogen) atoms. The van der Waals surface area contributed by atoms with E-state index in [1.54, 1.807) is 30.3 Å². The summed E-state index contributed by atoms with van der Waals surface area (Å²) in [7, 11) is -3.45. The molecule has 0 aliphatic carbocycles. The third-order valence-corrected chi connectivity index (χ3v) is 7.14. The van der Waals surface area contributed by atoms with Crippen LogP contribution in [0, 0.1) is 11.8 Å². The van der Waals surface area contributed by atoms with Gasteiger partial charge in [-0.2, -0.15) is 0 Å². The van der Waals surface area contributed by atoms with Crippen molar-refractivity contribution in [2.75, 3.05) is 26.2 Å². The van der Waals surface area contributed by atoms with E-state index in [-0.39, 0.29) is 28.9 Å². The Morgan fingerprint density at radius 1 is 1.16 bits per heavy atom. The van der Waals surface area contributed by atoms with Crippen molar-refractivity contribution in [3.8, 4) is 0 Å². The SMILES string of the molecule is C[C@@H]1C[C@H](C)CN(CCCNC(=O)c2ccc(CS(=O)(=O)Cc3cccc(Cl)c3)o2)C1. The third-order valence-electron chi connectivity index (χ3n) is 5.40. The number of hydrogen-bond donors (Lipinski definition) is 1. The molecule has 2 atom stereocenters. The Hall–Kier alpha value is -1.83. The van der Waals surface area contributed by atoms with E-state index < -0.39 is 9.84 Å². The summed E-state index contributed by atoms with van der Waals surface area (Å²) < 4.78 is 30.4. The molecule has 0 saturated carbocycles. The molecule has 2 heterocycles. The van der Waals surface area contributed by atoms with Crippen molar-refractivity contribution in [3.63, 3.8) is 0 Å². The summed E-state index contributed by atoms with van der Waals surface area (Å²) in [5.74, 6) is 1.10. The van der Waals surface area contributed by atoms with Crippen molar-refractivity contribution >= 4 is 27.3 Å². The van der Waals surface area contributed by atoms with E-state index in [0.29, 0.717) is 17.1 Å². The van der Waals surface area contributed by atoms with E-state index in [2.05, 4.69) is 24.1 Å². The number of hydrogen-bond acceptors (Lipinski definition) is 5. The van der Waals surface area contributed by atoms with Crippen molar-refractivity contribution in [2.24, 2.45) is 11.8 Å². The highest BCUT2D eigenvalue weighted by molar-refractivity contribution is 7.89. The second-order valence-corrected chi connectivity index (χ2v) is 11.2. The number of likely N-dealkylation sites (tertiary alicyclic amines) is 1. The lowest BCUT2D eigenvalue weighted by Crippen LogP contribution is -2.40. The summed E-state index contributed by atoms with van der Waals surface area (Å²) in [6, 6.07) is 9.83. The zero-order chi connectivity index (χ0) is 22.4. The van der Waals surface area contributed by atoms with Gasteiger partial charge in [0.15, 0.2) is 15.6 Å². The van der Waals surface area contributed by atoms with Crippen molar-refractivity contribution in [1.82, 2.24) is 10.2 Å². The van der Waals surface area contributed by atoms with Gasteiger partial charge in [-0.1, -0.05) is 37.6 Å². The minimum atomic E-state index is -3.45. The largest absolute Gasteiger partial charge is 0.455 e. The lowest BCUT2D eigenvalue weighted by atomic mass is 9.92. The zero-order valence-electron chi connectivity index (χ0n) is 18.1. The van der Waals surface area contributed by atoms with Crippen LogP contribution in [-0.4, -0.2) is 45.4 Å². The number of piperidine rings is 1. The molecule has 1 aromatic carbocycles. The minimum absolute atomic E-state index is 0.133. The quantitative estimate of drug-likeness (QED) is 0.561. The van der Waals surface area contributed by atoms with Crippen LogP contribution in [0.5, 0.6) is 0 Å². The summed E-state index contributed by atoms with van der Waals surface area (Å²) in [5.41, 5.74) is 0.620. The van der Waals surface area contributed by atoms with Gasteiger partial charge in [-0.15, -0.1) is 0 Å². The Kier molecular flexibility index (Phi) is 8.19. The highest BCUT2D eigenvalue weighted by Crippen LogP contribution is 2.21. The Bertz CT molecular complexity index is 979. The van der Waals surface area contributed by atoms with E-state index in [1.807, 2.05) is 0 Å². The lowest BCUT2D eigenvalue weighted by molar-refractivity contribution is 0.0918. The van der Waals surface area contributed by atoms with Gasteiger partial charge < -0.3 is 14.6 Å². The number of nitrogens with zero attached hydrogens (tertiary/aromatic N) is 1. The van der Waals surface area contributed by atoms with Crippen LogP contribution in [0.3, 0.4) is 0 Å². The highest BCUT2D eigenvalue weighted by Gasteiger charge is 2.21. The Labute approximate surface area is 189 Å². The predicted octanol–water partition coefficient (Wildman–Crippen LogP) is 4.15.